The van der Waals surface area contributed by atoms with Crippen LogP contribution in [0.25, 0.3) is 0 Å². The van der Waals surface area contributed by atoms with Gasteiger partial charge >= 0.3 is 11.9 Å². The van der Waals surface area contributed by atoms with Gasteiger partial charge in [0.1, 0.15) is 10.8 Å². The summed E-state index contributed by atoms with van der Waals surface area (Å²) >= 11 is 0. The summed E-state index contributed by atoms with van der Waals surface area (Å²) in [5.41, 5.74) is -1.65. The molecular formula is C10H18Cl2N2O4. The van der Waals surface area contributed by atoms with E-state index in [1.807, 2.05) is 0 Å². The van der Waals surface area contributed by atoms with Crippen molar-refractivity contribution in [1.29, 1.82) is 0 Å². The largest absolute Gasteiger partial charge is 0.468 e. The molecule has 2 rings (SSSR count). The fourth-order valence-corrected chi connectivity index (χ4v) is 2.85. The second-order valence-electron chi connectivity index (χ2n) is 4.35. The van der Waals surface area contributed by atoms with Crippen LogP contribution in [0.1, 0.15) is 0 Å². The minimum Gasteiger partial charge on any atom is -0.468 e. The highest BCUT2D eigenvalue weighted by molar-refractivity contribution is 5.91. The van der Waals surface area contributed by atoms with Crippen LogP contribution >= 0.6 is 24.8 Å². The normalized spacial score (nSPS) is 32.8. The van der Waals surface area contributed by atoms with Crippen LogP contribution in [0.4, 0.5) is 0 Å². The lowest BCUT2D eigenvalue weighted by molar-refractivity contribution is -0.168. The standard InChI is InChI=1S/C10H16N2O4.2ClH/c1-15-7(13)9-3-11-5-10(9,6-12-4-9)8(14)16-2;;/h11-12H,3-6H2,1-2H3;2*1H. The van der Waals surface area contributed by atoms with Gasteiger partial charge < -0.3 is 20.1 Å². The summed E-state index contributed by atoms with van der Waals surface area (Å²) in [5, 5.41) is 6.19. The van der Waals surface area contributed by atoms with Gasteiger partial charge in [0.05, 0.1) is 14.2 Å². The number of hydrogen-bond donors (Lipinski definition) is 2. The second-order valence-corrected chi connectivity index (χ2v) is 4.35. The van der Waals surface area contributed by atoms with Crippen molar-refractivity contribution in [3.63, 3.8) is 0 Å². The van der Waals surface area contributed by atoms with E-state index in [0.717, 1.165) is 0 Å². The van der Waals surface area contributed by atoms with Crippen molar-refractivity contribution in [3.8, 4) is 0 Å². The van der Waals surface area contributed by atoms with Gasteiger partial charge in [0.15, 0.2) is 0 Å². The molecule has 0 aromatic heterocycles. The fourth-order valence-electron chi connectivity index (χ4n) is 2.85. The smallest absolute Gasteiger partial charge is 0.315 e. The van der Waals surface area contributed by atoms with Crippen molar-refractivity contribution < 1.29 is 19.1 Å². The highest BCUT2D eigenvalue weighted by Crippen LogP contribution is 2.47. The number of fused-ring (bicyclic) bond motifs is 1. The summed E-state index contributed by atoms with van der Waals surface area (Å²) in [4.78, 5) is 23.9. The molecule has 6 nitrogen and oxygen atoms in total. The van der Waals surface area contributed by atoms with E-state index in [2.05, 4.69) is 10.6 Å². The average Bonchev–Trinajstić information content (AvgIpc) is 2.82. The van der Waals surface area contributed by atoms with E-state index in [-0.39, 0.29) is 36.8 Å². The van der Waals surface area contributed by atoms with Gasteiger partial charge in [-0.25, -0.2) is 0 Å². The number of carbonyl (C=O) groups is 2. The molecule has 18 heavy (non-hydrogen) atoms. The van der Waals surface area contributed by atoms with Crippen LogP contribution in [0.3, 0.4) is 0 Å². The Balaban J connectivity index is 0.00000144. The molecule has 0 aliphatic carbocycles. The fraction of sp³-hybridized carbons (Fsp3) is 0.800. The molecule has 0 bridgehead atoms. The van der Waals surface area contributed by atoms with Crippen LogP contribution in [-0.2, 0) is 19.1 Å². The Morgan fingerprint density at radius 2 is 1.11 bits per heavy atom. The Kier molecular flexibility index (Phi) is 5.87. The van der Waals surface area contributed by atoms with Crippen molar-refractivity contribution in [1.82, 2.24) is 10.6 Å². The SMILES string of the molecule is COC(=O)C12CNCC1(C(=O)OC)CNC2.Cl.Cl. The third-order valence-corrected chi connectivity index (χ3v) is 3.78. The zero-order valence-corrected chi connectivity index (χ0v) is 11.9. The Morgan fingerprint density at radius 1 is 0.833 bits per heavy atom. The van der Waals surface area contributed by atoms with Crippen molar-refractivity contribution in [3.05, 3.63) is 0 Å². The number of esters is 2. The van der Waals surface area contributed by atoms with E-state index in [0.29, 0.717) is 26.2 Å². The summed E-state index contributed by atoms with van der Waals surface area (Å²) in [6.45, 7) is 1.78. The molecule has 2 aliphatic rings. The highest BCUT2D eigenvalue weighted by atomic mass is 35.5. The maximum atomic E-state index is 11.9. The number of carbonyl (C=O) groups excluding carboxylic acids is 2. The van der Waals surface area contributed by atoms with Gasteiger partial charge in [-0.15, -0.1) is 24.8 Å². The van der Waals surface area contributed by atoms with Crippen molar-refractivity contribution >= 4 is 36.8 Å². The molecule has 2 heterocycles. The van der Waals surface area contributed by atoms with Crippen LogP contribution < -0.4 is 10.6 Å². The molecule has 0 saturated carbocycles. The van der Waals surface area contributed by atoms with Gasteiger partial charge in [-0.05, 0) is 0 Å². The lowest BCUT2D eigenvalue weighted by atomic mass is 9.68. The lowest BCUT2D eigenvalue weighted by Crippen LogP contribution is -2.52. The van der Waals surface area contributed by atoms with Crippen LogP contribution in [0.2, 0.25) is 0 Å². The first-order valence-electron chi connectivity index (χ1n) is 5.21. The summed E-state index contributed by atoms with van der Waals surface area (Å²) in [6, 6.07) is 0. The first-order chi connectivity index (χ1) is 7.63. The topological polar surface area (TPSA) is 76.7 Å². The molecule has 0 aromatic carbocycles. The molecule has 0 amide bonds. The Bertz CT molecular complexity index is 298. The van der Waals surface area contributed by atoms with E-state index in [1.54, 1.807) is 0 Å². The molecule has 2 fully saturated rings. The average molecular weight is 301 g/mol. The number of rotatable bonds is 2. The van der Waals surface area contributed by atoms with Crippen molar-refractivity contribution in [2.45, 2.75) is 0 Å². The van der Waals surface area contributed by atoms with E-state index in [9.17, 15) is 9.59 Å². The maximum absolute atomic E-state index is 11.9. The van der Waals surface area contributed by atoms with E-state index in [4.69, 9.17) is 9.47 Å². The minimum atomic E-state index is -0.825. The van der Waals surface area contributed by atoms with Gasteiger partial charge in [0, 0.05) is 26.2 Å². The number of ether oxygens (including phenoxy) is 2. The summed E-state index contributed by atoms with van der Waals surface area (Å²) in [6.07, 6.45) is 0. The van der Waals surface area contributed by atoms with Gasteiger partial charge in [0.25, 0.3) is 0 Å². The van der Waals surface area contributed by atoms with E-state index < -0.39 is 10.8 Å². The molecule has 8 heteroatoms. The monoisotopic (exact) mass is 300 g/mol. The third kappa shape index (κ3) is 1.97. The summed E-state index contributed by atoms with van der Waals surface area (Å²) in [5.74, 6) is -0.708. The predicted molar refractivity (Wildman–Crippen MR) is 69.1 cm³/mol. The molecule has 0 spiro atoms. The number of hydrogen-bond acceptors (Lipinski definition) is 6. The van der Waals surface area contributed by atoms with Crippen molar-refractivity contribution in [2.75, 3.05) is 40.4 Å². The molecule has 0 radical (unpaired) electrons. The van der Waals surface area contributed by atoms with E-state index in [1.165, 1.54) is 14.2 Å². The van der Waals surface area contributed by atoms with Gasteiger partial charge in [0.2, 0.25) is 0 Å². The predicted octanol–water partition coefficient (Wildman–Crippen LogP) is -0.645. The highest BCUT2D eigenvalue weighted by Gasteiger charge is 2.68. The molecule has 2 saturated heterocycles. The van der Waals surface area contributed by atoms with Crippen LogP contribution in [-0.4, -0.2) is 52.3 Å². The Morgan fingerprint density at radius 3 is 1.33 bits per heavy atom. The van der Waals surface area contributed by atoms with Crippen LogP contribution in [0, 0.1) is 10.8 Å². The molecule has 2 N–H and O–H groups in total. The maximum Gasteiger partial charge on any atom is 0.315 e. The quantitative estimate of drug-likeness (QED) is 0.661. The second kappa shape index (κ2) is 6.06. The number of methoxy groups -OCH3 is 2. The summed E-state index contributed by atoms with van der Waals surface area (Å²) < 4.78 is 9.66. The minimum absolute atomic E-state index is 0. The molecular weight excluding hydrogens is 283 g/mol. The molecule has 0 aromatic rings. The molecule has 0 unspecified atom stereocenters. The zero-order chi connectivity index (χ0) is 11.8. The lowest BCUT2D eigenvalue weighted by Gasteiger charge is -2.33. The van der Waals surface area contributed by atoms with Gasteiger partial charge in [-0.2, -0.15) is 0 Å². The summed E-state index contributed by atoms with van der Waals surface area (Å²) in [7, 11) is 2.69. The number of nitrogens with one attached hydrogen (secondary N) is 2. The molecule has 2 aliphatic heterocycles. The van der Waals surface area contributed by atoms with E-state index >= 15 is 0 Å². The van der Waals surface area contributed by atoms with Crippen LogP contribution in [0.15, 0.2) is 0 Å². The molecule has 0 atom stereocenters. The van der Waals surface area contributed by atoms with Crippen molar-refractivity contribution in [2.24, 2.45) is 10.8 Å². The van der Waals surface area contributed by atoms with Crippen LogP contribution in [0.5, 0.6) is 0 Å². The first kappa shape index (κ1) is 17.4. The van der Waals surface area contributed by atoms with Gasteiger partial charge in [-0.1, -0.05) is 0 Å². The first-order valence-corrected chi connectivity index (χ1v) is 5.21. The third-order valence-electron chi connectivity index (χ3n) is 3.78. The van der Waals surface area contributed by atoms with Gasteiger partial charge in [-0.3, -0.25) is 9.59 Å². The Labute approximate surface area is 118 Å². The number of halogens is 2. The molecule has 106 valence electrons. The zero-order valence-electron chi connectivity index (χ0n) is 10.3. The Hall–Kier alpha value is -0.560.